The lowest BCUT2D eigenvalue weighted by Crippen LogP contribution is -2.58. The van der Waals surface area contributed by atoms with Gasteiger partial charge in [-0.25, -0.2) is 14.2 Å². The highest BCUT2D eigenvalue weighted by molar-refractivity contribution is 7.46. The van der Waals surface area contributed by atoms with Crippen molar-refractivity contribution in [2.24, 2.45) is 22.7 Å². The van der Waals surface area contributed by atoms with Gasteiger partial charge in [-0.2, -0.15) is 0 Å². The molecular weight excluding hydrogens is 499 g/mol. The lowest BCUT2D eigenvalue weighted by atomic mass is 9.46. The normalized spacial score (nSPS) is 32.0. The number of benzene rings is 1. The quantitative estimate of drug-likeness (QED) is 0.269. The molecule has 3 aliphatic rings. The summed E-state index contributed by atoms with van der Waals surface area (Å²) in [4.78, 5) is 43.5. The van der Waals surface area contributed by atoms with Crippen LogP contribution in [0.2, 0.25) is 0 Å². The van der Waals surface area contributed by atoms with Gasteiger partial charge in [-0.1, -0.05) is 50.3 Å². The Morgan fingerprint density at radius 2 is 2.00 bits per heavy atom. The lowest BCUT2D eigenvalue weighted by molar-refractivity contribution is -0.149. The summed E-state index contributed by atoms with van der Waals surface area (Å²) in [5, 5.41) is 10.6. The first-order valence-electron chi connectivity index (χ1n) is 12.3. The van der Waals surface area contributed by atoms with E-state index in [1.807, 2.05) is 13.0 Å². The number of carbonyl (C=O) groups is 2. The number of para-hydroxylation sites is 1. The number of fused-ring (bicyclic) bond motifs is 1. The summed E-state index contributed by atoms with van der Waals surface area (Å²) in [6, 6.07) is 5.71. The molecule has 4 rings (SSSR count). The van der Waals surface area contributed by atoms with Gasteiger partial charge in [-0.3, -0.25) is 9.79 Å². The summed E-state index contributed by atoms with van der Waals surface area (Å²) in [6.45, 7) is 8.43. The fourth-order valence-corrected chi connectivity index (χ4v) is 6.83. The highest BCUT2D eigenvalue weighted by atomic mass is 31.2. The van der Waals surface area contributed by atoms with Crippen LogP contribution in [0, 0.1) is 22.7 Å². The van der Waals surface area contributed by atoms with E-state index in [1.54, 1.807) is 18.2 Å². The van der Waals surface area contributed by atoms with Gasteiger partial charge >= 0.3 is 19.8 Å². The minimum atomic E-state index is -4.88. The zero-order valence-corrected chi connectivity index (χ0v) is 21.9. The highest BCUT2D eigenvalue weighted by Crippen LogP contribution is 2.62. The predicted octanol–water partition coefficient (Wildman–Crippen LogP) is 4.10. The summed E-state index contributed by atoms with van der Waals surface area (Å²) in [7, 11) is -4.88. The second-order valence-corrected chi connectivity index (χ2v) is 11.7. The topological polar surface area (TPSA) is 140 Å². The number of carbonyl (C=O) groups excluding carboxylic acids is 2. The number of allylic oxidation sites excluding steroid dienone is 2. The minimum absolute atomic E-state index is 0.0252. The third-order valence-electron chi connectivity index (χ3n) is 8.31. The van der Waals surface area contributed by atoms with Crippen LogP contribution >= 0.6 is 7.82 Å². The van der Waals surface area contributed by atoms with Crippen molar-refractivity contribution < 1.29 is 43.0 Å². The number of hydrogen-bond acceptors (Lipinski definition) is 7. The molecule has 0 radical (unpaired) electrons. The Balaban J connectivity index is 1.59. The number of cyclic esters (lactones) is 1. The zero-order valence-electron chi connectivity index (χ0n) is 21.0. The van der Waals surface area contributed by atoms with Crippen LogP contribution in [0.4, 0.5) is 0 Å². The summed E-state index contributed by atoms with van der Waals surface area (Å²) in [5.74, 6) is -1.46. The number of phosphoric ester groups is 1. The SMILES string of the molecule is C=C1CCC2[C@](C)(CC[C@@H](OC(=O)c3ccccc3OP(=O)(O)O)[C@@]2(C)CO)C1/C=C/C1=CCOC1=O. The fourth-order valence-electron chi connectivity index (χ4n) is 6.41. The van der Waals surface area contributed by atoms with Crippen LogP contribution in [0.3, 0.4) is 0 Å². The summed E-state index contributed by atoms with van der Waals surface area (Å²) >= 11 is 0. The molecule has 2 unspecified atom stereocenters. The molecule has 37 heavy (non-hydrogen) atoms. The maximum atomic E-state index is 13.1. The van der Waals surface area contributed by atoms with Crippen molar-refractivity contribution >= 4 is 19.8 Å². The molecule has 2 fully saturated rings. The monoisotopic (exact) mass is 532 g/mol. The molecule has 2 aliphatic carbocycles. The molecule has 3 N–H and O–H groups in total. The van der Waals surface area contributed by atoms with Gasteiger partial charge in [0.05, 0.1) is 12.2 Å². The van der Waals surface area contributed by atoms with Crippen LogP contribution < -0.4 is 4.52 Å². The van der Waals surface area contributed by atoms with E-state index in [2.05, 4.69) is 18.0 Å². The molecule has 0 aromatic heterocycles. The summed E-state index contributed by atoms with van der Waals surface area (Å²) in [6.07, 6.45) is 7.55. The second-order valence-electron chi connectivity index (χ2n) is 10.5. The molecule has 1 aromatic rings. The van der Waals surface area contributed by atoms with Crippen molar-refractivity contribution in [2.75, 3.05) is 13.2 Å². The fraction of sp³-hybridized carbons (Fsp3) is 0.481. The number of esters is 2. The van der Waals surface area contributed by atoms with Crippen LogP contribution in [0.5, 0.6) is 5.75 Å². The van der Waals surface area contributed by atoms with E-state index < -0.39 is 25.3 Å². The molecule has 10 heteroatoms. The Morgan fingerprint density at radius 3 is 2.65 bits per heavy atom. The van der Waals surface area contributed by atoms with E-state index in [0.29, 0.717) is 18.4 Å². The first-order valence-corrected chi connectivity index (χ1v) is 13.8. The molecule has 1 aromatic carbocycles. The first-order chi connectivity index (χ1) is 17.4. The molecule has 0 amide bonds. The van der Waals surface area contributed by atoms with Gasteiger partial charge in [0.2, 0.25) is 0 Å². The van der Waals surface area contributed by atoms with E-state index in [9.17, 15) is 29.0 Å². The Morgan fingerprint density at radius 1 is 1.27 bits per heavy atom. The average molecular weight is 533 g/mol. The molecule has 0 spiro atoms. The number of phosphoric acid groups is 1. The van der Waals surface area contributed by atoms with Crippen LogP contribution in [-0.4, -0.2) is 46.1 Å². The van der Waals surface area contributed by atoms with Crippen molar-refractivity contribution in [3.05, 3.63) is 65.8 Å². The zero-order chi connectivity index (χ0) is 27.0. The van der Waals surface area contributed by atoms with Gasteiger partial charge in [0, 0.05) is 11.3 Å². The maximum Gasteiger partial charge on any atom is 0.524 e. The van der Waals surface area contributed by atoms with Gasteiger partial charge in [0.15, 0.2) is 0 Å². The number of aliphatic hydroxyl groups is 1. The molecule has 2 saturated carbocycles. The third-order valence-corrected chi connectivity index (χ3v) is 8.75. The van der Waals surface area contributed by atoms with E-state index in [1.165, 1.54) is 18.2 Å². The van der Waals surface area contributed by atoms with E-state index in [0.717, 1.165) is 18.4 Å². The molecule has 5 atom stereocenters. The predicted molar refractivity (Wildman–Crippen MR) is 134 cm³/mol. The second kappa shape index (κ2) is 10.2. The standard InChI is InChI=1S/C27H33O9P/c1-17-8-11-22-26(2,20(17)10-9-18-13-15-34-24(18)29)14-12-23(27(22,3)16-28)35-25(30)19-6-4-5-7-21(19)36-37(31,32)33/h4-7,9-10,13,20,22-23,28H,1,8,11-12,14-16H2,2-3H3,(H2,31,32,33)/b10-9+/t20?,22?,23-,26-,27+/m1/s1. The van der Waals surface area contributed by atoms with Gasteiger partial charge < -0.3 is 19.1 Å². The maximum absolute atomic E-state index is 13.1. The molecule has 1 aliphatic heterocycles. The van der Waals surface area contributed by atoms with Crippen molar-refractivity contribution in [2.45, 2.75) is 45.6 Å². The molecule has 9 nitrogen and oxygen atoms in total. The van der Waals surface area contributed by atoms with Crippen LogP contribution in [0.15, 0.2) is 60.2 Å². The molecule has 200 valence electrons. The number of ether oxygens (including phenoxy) is 2. The Labute approximate surface area is 216 Å². The number of hydrogen-bond donors (Lipinski definition) is 3. The van der Waals surface area contributed by atoms with E-state index in [-0.39, 0.29) is 47.7 Å². The van der Waals surface area contributed by atoms with E-state index in [4.69, 9.17) is 9.47 Å². The highest BCUT2D eigenvalue weighted by Gasteiger charge is 2.58. The largest absolute Gasteiger partial charge is 0.524 e. The van der Waals surface area contributed by atoms with Crippen molar-refractivity contribution in [1.82, 2.24) is 0 Å². The van der Waals surface area contributed by atoms with Gasteiger partial charge in [0.1, 0.15) is 24.0 Å². The van der Waals surface area contributed by atoms with Gasteiger partial charge in [0.25, 0.3) is 0 Å². The van der Waals surface area contributed by atoms with E-state index >= 15 is 0 Å². The van der Waals surface area contributed by atoms with Gasteiger partial charge in [-0.15, -0.1) is 0 Å². The third kappa shape index (κ3) is 5.32. The van der Waals surface area contributed by atoms with Crippen LogP contribution in [0.1, 0.15) is 49.9 Å². The van der Waals surface area contributed by atoms with Crippen molar-refractivity contribution in [1.29, 1.82) is 0 Å². The lowest BCUT2D eigenvalue weighted by Gasteiger charge is -2.59. The summed E-state index contributed by atoms with van der Waals surface area (Å²) < 4.78 is 27.0. The van der Waals surface area contributed by atoms with Crippen LogP contribution in [-0.2, 0) is 18.8 Å². The smallest absolute Gasteiger partial charge is 0.458 e. The molecule has 0 bridgehead atoms. The Kier molecular flexibility index (Phi) is 7.55. The van der Waals surface area contributed by atoms with Crippen LogP contribution in [0.25, 0.3) is 0 Å². The molecular formula is C27H33O9P. The minimum Gasteiger partial charge on any atom is -0.458 e. The van der Waals surface area contributed by atoms with Gasteiger partial charge in [-0.05, 0) is 55.2 Å². The number of aliphatic hydroxyl groups excluding tert-OH is 1. The molecule has 0 saturated heterocycles. The van der Waals surface area contributed by atoms with Crippen molar-refractivity contribution in [3.63, 3.8) is 0 Å². The number of rotatable bonds is 7. The first kappa shape index (κ1) is 27.3. The average Bonchev–Trinajstić information content (AvgIpc) is 3.24. The Bertz CT molecular complexity index is 1200. The van der Waals surface area contributed by atoms with Crippen molar-refractivity contribution in [3.8, 4) is 5.75 Å². The summed E-state index contributed by atoms with van der Waals surface area (Å²) in [5.41, 5.74) is 0.397. The molecule has 1 heterocycles. The Hall–Kier alpha value is -2.71.